The van der Waals surface area contributed by atoms with Crippen LogP contribution in [-0.2, 0) is 12.8 Å². The van der Waals surface area contributed by atoms with Gasteiger partial charge in [-0.25, -0.2) is 4.68 Å². The number of hydrogen-bond donors (Lipinski definition) is 1. The van der Waals surface area contributed by atoms with Gasteiger partial charge < -0.3 is 10.1 Å². The van der Waals surface area contributed by atoms with Crippen LogP contribution in [0.5, 0.6) is 5.75 Å². The molecule has 0 bridgehead atoms. The Bertz CT molecular complexity index is 874. The van der Waals surface area contributed by atoms with Crippen LogP contribution in [0.15, 0.2) is 48.5 Å². The fraction of sp³-hybridized carbons (Fsp3) is 0.211. The summed E-state index contributed by atoms with van der Waals surface area (Å²) in [6.07, 6.45) is 1.81. The molecule has 4 rings (SSSR count). The highest BCUT2D eigenvalue weighted by Gasteiger charge is 2.24. The lowest BCUT2D eigenvalue weighted by Gasteiger charge is -2.11. The van der Waals surface area contributed by atoms with Crippen LogP contribution in [0.1, 0.15) is 16.8 Å². The highest BCUT2D eigenvalue weighted by Crippen LogP contribution is 2.34. The quantitative estimate of drug-likeness (QED) is 0.778. The molecule has 0 amide bonds. The van der Waals surface area contributed by atoms with Crippen molar-refractivity contribution in [3.8, 4) is 11.4 Å². The summed E-state index contributed by atoms with van der Waals surface area (Å²) in [6.45, 7) is 0.928. The van der Waals surface area contributed by atoms with E-state index in [9.17, 15) is 0 Å². The van der Waals surface area contributed by atoms with Crippen molar-refractivity contribution in [3.05, 3.63) is 70.4 Å². The molecule has 0 atom stereocenters. The fourth-order valence-corrected chi connectivity index (χ4v) is 3.35. The predicted octanol–water partition coefficient (Wildman–Crippen LogP) is 4.09. The number of methoxy groups -OCH3 is 1. The molecule has 0 saturated carbocycles. The first-order valence-corrected chi connectivity index (χ1v) is 8.36. The Morgan fingerprint density at radius 1 is 1.21 bits per heavy atom. The Labute approximate surface area is 146 Å². The molecule has 5 heteroatoms. The monoisotopic (exact) mass is 339 g/mol. The molecule has 1 N–H and O–H groups in total. The van der Waals surface area contributed by atoms with Gasteiger partial charge in [0.25, 0.3) is 0 Å². The minimum atomic E-state index is 0.664. The molecular formula is C19H18ClN3O. The van der Waals surface area contributed by atoms with Crippen LogP contribution in [0.2, 0.25) is 5.02 Å². The third kappa shape index (κ3) is 2.63. The zero-order valence-electron chi connectivity index (χ0n) is 13.4. The highest BCUT2D eigenvalue weighted by molar-refractivity contribution is 6.30. The SMILES string of the molecule is COc1ccc(Cl)cc1-n1nc(Cc2ccccc2)c2c1NCC2. The standard InChI is InChI=1S/C19H18ClN3O/c1-24-18-8-7-14(20)12-17(18)23-19-15(9-10-21-19)16(22-23)11-13-5-3-2-4-6-13/h2-8,12,21H,9-11H2,1H3. The number of fused-ring (bicyclic) bond motifs is 1. The largest absolute Gasteiger partial charge is 0.494 e. The van der Waals surface area contributed by atoms with Crippen molar-refractivity contribution < 1.29 is 4.74 Å². The number of anilines is 1. The number of nitrogens with one attached hydrogen (secondary N) is 1. The number of aromatic nitrogens is 2. The maximum Gasteiger partial charge on any atom is 0.144 e. The van der Waals surface area contributed by atoms with E-state index in [-0.39, 0.29) is 0 Å². The summed E-state index contributed by atoms with van der Waals surface area (Å²) in [4.78, 5) is 0. The highest BCUT2D eigenvalue weighted by atomic mass is 35.5. The van der Waals surface area contributed by atoms with E-state index in [1.807, 2.05) is 28.9 Å². The van der Waals surface area contributed by atoms with Crippen molar-refractivity contribution in [3.63, 3.8) is 0 Å². The van der Waals surface area contributed by atoms with Crippen molar-refractivity contribution in [2.45, 2.75) is 12.8 Å². The van der Waals surface area contributed by atoms with Crippen molar-refractivity contribution in [2.24, 2.45) is 0 Å². The van der Waals surface area contributed by atoms with Crippen molar-refractivity contribution >= 4 is 17.4 Å². The molecule has 122 valence electrons. The first-order valence-electron chi connectivity index (χ1n) is 7.99. The lowest BCUT2D eigenvalue weighted by molar-refractivity contribution is 0.412. The van der Waals surface area contributed by atoms with Gasteiger partial charge in [0.05, 0.1) is 12.8 Å². The molecule has 0 fully saturated rings. The van der Waals surface area contributed by atoms with Crippen LogP contribution in [0.3, 0.4) is 0 Å². The van der Waals surface area contributed by atoms with Gasteiger partial charge in [0.1, 0.15) is 17.3 Å². The van der Waals surface area contributed by atoms with Crippen molar-refractivity contribution in [2.75, 3.05) is 19.0 Å². The summed E-state index contributed by atoms with van der Waals surface area (Å²) >= 11 is 6.19. The van der Waals surface area contributed by atoms with Crippen molar-refractivity contribution in [1.29, 1.82) is 0 Å². The van der Waals surface area contributed by atoms with Crippen LogP contribution in [0, 0.1) is 0 Å². The first kappa shape index (κ1) is 15.1. The summed E-state index contributed by atoms with van der Waals surface area (Å²) in [6, 6.07) is 16.0. The van der Waals surface area contributed by atoms with E-state index in [4.69, 9.17) is 21.4 Å². The fourth-order valence-electron chi connectivity index (χ4n) is 3.18. The van der Waals surface area contributed by atoms with Gasteiger partial charge in [-0.1, -0.05) is 41.9 Å². The Kier molecular flexibility index (Phi) is 3.90. The average molecular weight is 340 g/mol. The Hall–Kier alpha value is -2.46. The van der Waals surface area contributed by atoms with Gasteiger partial charge in [-0.3, -0.25) is 0 Å². The molecule has 0 aliphatic carbocycles. The topological polar surface area (TPSA) is 39.1 Å². The molecule has 24 heavy (non-hydrogen) atoms. The molecule has 1 aromatic heterocycles. The van der Waals surface area contributed by atoms with Gasteiger partial charge in [-0.05, 0) is 30.2 Å². The van der Waals surface area contributed by atoms with Crippen LogP contribution in [-0.4, -0.2) is 23.4 Å². The number of halogens is 1. The molecule has 0 spiro atoms. The summed E-state index contributed by atoms with van der Waals surface area (Å²) in [5, 5.41) is 8.97. The summed E-state index contributed by atoms with van der Waals surface area (Å²) in [5.74, 6) is 1.80. The molecule has 0 radical (unpaired) electrons. The Morgan fingerprint density at radius 3 is 2.83 bits per heavy atom. The average Bonchev–Trinajstić information content (AvgIpc) is 3.20. The maximum atomic E-state index is 6.19. The lowest BCUT2D eigenvalue weighted by Crippen LogP contribution is -2.06. The molecule has 4 nitrogen and oxygen atoms in total. The van der Waals surface area contributed by atoms with Gasteiger partial charge in [-0.15, -0.1) is 0 Å². The number of rotatable bonds is 4. The van der Waals surface area contributed by atoms with E-state index < -0.39 is 0 Å². The van der Waals surface area contributed by atoms with Crippen LogP contribution < -0.4 is 10.1 Å². The summed E-state index contributed by atoms with van der Waals surface area (Å²) < 4.78 is 7.42. The lowest BCUT2D eigenvalue weighted by atomic mass is 10.1. The van der Waals surface area contributed by atoms with Crippen LogP contribution in [0.4, 0.5) is 5.82 Å². The minimum absolute atomic E-state index is 0.664. The molecule has 0 saturated heterocycles. The van der Waals surface area contributed by atoms with Gasteiger partial charge in [-0.2, -0.15) is 5.10 Å². The molecule has 0 unspecified atom stereocenters. The second kappa shape index (κ2) is 6.21. The molecular weight excluding hydrogens is 322 g/mol. The first-order chi connectivity index (χ1) is 11.8. The maximum absolute atomic E-state index is 6.19. The smallest absolute Gasteiger partial charge is 0.144 e. The Balaban J connectivity index is 1.81. The summed E-state index contributed by atoms with van der Waals surface area (Å²) in [5.41, 5.74) is 4.49. The summed E-state index contributed by atoms with van der Waals surface area (Å²) in [7, 11) is 1.66. The van der Waals surface area contributed by atoms with E-state index in [2.05, 4.69) is 29.6 Å². The van der Waals surface area contributed by atoms with E-state index in [0.717, 1.165) is 42.3 Å². The van der Waals surface area contributed by atoms with E-state index >= 15 is 0 Å². The second-order valence-corrected chi connectivity index (χ2v) is 6.28. The molecule has 3 aromatic rings. The molecule has 1 aliphatic heterocycles. The third-order valence-corrected chi connectivity index (χ3v) is 4.55. The minimum Gasteiger partial charge on any atom is -0.494 e. The van der Waals surface area contributed by atoms with Crippen molar-refractivity contribution in [1.82, 2.24) is 9.78 Å². The van der Waals surface area contributed by atoms with E-state index in [1.54, 1.807) is 7.11 Å². The molecule has 2 aromatic carbocycles. The van der Waals surface area contributed by atoms with Gasteiger partial charge >= 0.3 is 0 Å². The normalized spacial score (nSPS) is 12.8. The van der Waals surface area contributed by atoms with Gasteiger partial charge in [0, 0.05) is 23.6 Å². The number of ether oxygens (including phenoxy) is 1. The predicted molar refractivity (Wildman–Crippen MR) is 96.6 cm³/mol. The number of benzene rings is 2. The van der Waals surface area contributed by atoms with Gasteiger partial charge in [0.15, 0.2) is 0 Å². The van der Waals surface area contributed by atoms with Crippen LogP contribution in [0.25, 0.3) is 5.69 Å². The van der Waals surface area contributed by atoms with Gasteiger partial charge in [0.2, 0.25) is 0 Å². The molecule has 1 aliphatic rings. The zero-order valence-corrected chi connectivity index (χ0v) is 14.2. The van der Waals surface area contributed by atoms with E-state index in [1.165, 1.54) is 11.1 Å². The van der Waals surface area contributed by atoms with E-state index in [0.29, 0.717) is 5.02 Å². The second-order valence-electron chi connectivity index (χ2n) is 5.84. The number of hydrogen-bond acceptors (Lipinski definition) is 3. The zero-order chi connectivity index (χ0) is 16.5. The molecule has 2 heterocycles. The Morgan fingerprint density at radius 2 is 2.04 bits per heavy atom. The third-order valence-electron chi connectivity index (χ3n) is 4.32. The number of nitrogens with zero attached hydrogens (tertiary/aromatic N) is 2. The van der Waals surface area contributed by atoms with Crippen LogP contribution >= 0.6 is 11.6 Å².